The van der Waals surface area contributed by atoms with Crippen LogP contribution < -0.4 is 4.74 Å². The molecule has 0 spiro atoms. The van der Waals surface area contributed by atoms with E-state index in [2.05, 4.69) is 10.1 Å². The standard InChI is InChI=1S/C21H22FN3O4S/c1-21(20-23-19(29-24-20)14-28-16-8-3-2-4-9-16)12-7-13-25(15-21)30(26,27)18-11-6-5-10-17(18)22/h2-6,8-11H,7,12-15H2,1H3. The van der Waals surface area contributed by atoms with Gasteiger partial charge in [-0.25, -0.2) is 12.8 Å². The molecule has 1 fully saturated rings. The second-order valence-corrected chi connectivity index (χ2v) is 9.45. The number of halogens is 1. The molecule has 0 saturated carbocycles. The second kappa shape index (κ2) is 8.16. The Balaban J connectivity index is 1.51. The molecular formula is C21H22FN3O4S. The first kappa shape index (κ1) is 20.5. The number of nitrogens with zero attached hydrogens (tertiary/aromatic N) is 3. The van der Waals surface area contributed by atoms with Crippen molar-refractivity contribution in [1.82, 2.24) is 14.4 Å². The van der Waals surface area contributed by atoms with E-state index in [0.29, 0.717) is 36.9 Å². The number of sulfonamides is 1. The molecule has 1 unspecified atom stereocenters. The van der Waals surface area contributed by atoms with Gasteiger partial charge in [0.2, 0.25) is 10.0 Å². The predicted octanol–water partition coefficient (Wildman–Crippen LogP) is 3.53. The van der Waals surface area contributed by atoms with Gasteiger partial charge in [-0.15, -0.1) is 0 Å². The minimum Gasteiger partial charge on any atom is -0.484 e. The van der Waals surface area contributed by atoms with E-state index in [1.807, 2.05) is 37.3 Å². The van der Waals surface area contributed by atoms with Crippen molar-refractivity contribution in [3.63, 3.8) is 0 Å². The van der Waals surface area contributed by atoms with Crippen LogP contribution in [-0.2, 0) is 22.0 Å². The third-order valence-electron chi connectivity index (χ3n) is 5.23. The van der Waals surface area contributed by atoms with Crippen molar-refractivity contribution < 1.29 is 22.1 Å². The molecule has 158 valence electrons. The first-order valence-electron chi connectivity index (χ1n) is 9.64. The quantitative estimate of drug-likeness (QED) is 0.594. The van der Waals surface area contributed by atoms with Crippen molar-refractivity contribution in [2.24, 2.45) is 0 Å². The maximum Gasteiger partial charge on any atom is 0.264 e. The van der Waals surface area contributed by atoms with Crippen LogP contribution in [0.4, 0.5) is 4.39 Å². The van der Waals surface area contributed by atoms with E-state index in [1.54, 1.807) is 0 Å². The zero-order valence-corrected chi connectivity index (χ0v) is 17.3. The average molecular weight is 431 g/mol. The van der Waals surface area contributed by atoms with E-state index >= 15 is 0 Å². The topological polar surface area (TPSA) is 85.5 Å². The highest BCUT2D eigenvalue weighted by Crippen LogP contribution is 2.35. The molecule has 7 nitrogen and oxygen atoms in total. The maximum absolute atomic E-state index is 14.1. The van der Waals surface area contributed by atoms with E-state index in [1.165, 1.54) is 22.5 Å². The SMILES string of the molecule is CC1(c2noc(COc3ccccc3)n2)CCCN(S(=O)(=O)c2ccccc2F)C1. The fourth-order valence-corrected chi connectivity index (χ4v) is 5.26. The first-order valence-corrected chi connectivity index (χ1v) is 11.1. The number of hydrogen-bond donors (Lipinski definition) is 0. The van der Waals surface area contributed by atoms with E-state index < -0.39 is 21.3 Å². The molecule has 1 aliphatic rings. The van der Waals surface area contributed by atoms with E-state index in [0.717, 1.165) is 6.07 Å². The van der Waals surface area contributed by atoms with Crippen LogP contribution >= 0.6 is 0 Å². The Morgan fingerprint density at radius 3 is 2.67 bits per heavy atom. The van der Waals surface area contributed by atoms with Gasteiger partial charge in [0.15, 0.2) is 12.4 Å². The Labute approximate surface area is 174 Å². The molecule has 3 aromatic rings. The lowest BCUT2D eigenvalue weighted by atomic mass is 9.82. The number of rotatable bonds is 6. The molecule has 4 rings (SSSR count). The highest BCUT2D eigenvalue weighted by molar-refractivity contribution is 7.89. The van der Waals surface area contributed by atoms with Gasteiger partial charge in [0, 0.05) is 18.5 Å². The van der Waals surface area contributed by atoms with Gasteiger partial charge in [-0.2, -0.15) is 9.29 Å². The molecule has 1 atom stereocenters. The van der Waals surface area contributed by atoms with Crippen LogP contribution in [-0.4, -0.2) is 36.0 Å². The van der Waals surface area contributed by atoms with Gasteiger partial charge in [0.05, 0.1) is 0 Å². The molecular weight excluding hydrogens is 409 g/mol. The summed E-state index contributed by atoms with van der Waals surface area (Å²) in [6, 6.07) is 14.7. The summed E-state index contributed by atoms with van der Waals surface area (Å²) in [7, 11) is -3.96. The van der Waals surface area contributed by atoms with Gasteiger partial charge < -0.3 is 9.26 Å². The Kier molecular flexibility index (Phi) is 5.57. The third-order valence-corrected chi connectivity index (χ3v) is 7.11. The van der Waals surface area contributed by atoms with Crippen LogP contribution in [0.25, 0.3) is 0 Å². The van der Waals surface area contributed by atoms with Crippen molar-refractivity contribution in [2.75, 3.05) is 13.1 Å². The summed E-state index contributed by atoms with van der Waals surface area (Å²) < 4.78 is 52.4. The molecule has 0 N–H and O–H groups in total. The van der Waals surface area contributed by atoms with E-state index in [9.17, 15) is 12.8 Å². The van der Waals surface area contributed by atoms with Crippen LogP contribution in [0.5, 0.6) is 5.75 Å². The molecule has 30 heavy (non-hydrogen) atoms. The van der Waals surface area contributed by atoms with Gasteiger partial charge in [0.1, 0.15) is 16.5 Å². The fourth-order valence-electron chi connectivity index (χ4n) is 3.59. The van der Waals surface area contributed by atoms with Crippen LogP contribution in [0.3, 0.4) is 0 Å². The zero-order chi connectivity index (χ0) is 21.2. The molecule has 0 bridgehead atoms. The molecule has 2 heterocycles. The van der Waals surface area contributed by atoms with Crippen LogP contribution in [0.1, 0.15) is 31.5 Å². The Hall–Kier alpha value is -2.78. The zero-order valence-electron chi connectivity index (χ0n) is 16.5. The fraction of sp³-hybridized carbons (Fsp3) is 0.333. The smallest absolute Gasteiger partial charge is 0.264 e. The highest BCUT2D eigenvalue weighted by Gasteiger charge is 2.41. The normalized spacial score (nSPS) is 20.2. The highest BCUT2D eigenvalue weighted by atomic mass is 32.2. The summed E-state index contributed by atoms with van der Waals surface area (Å²) in [5.41, 5.74) is -0.648. The average Bonchev–Trinajstić information content (AvgIpc) is 3.23. The number of aromatic nitrogens is 2. The third kappa shape index (κ3) is 4.08. The summed E-state index contributed by atoms with van der Waals surface area (Å²) in [4.78, 5) is 4.11. The molecule has 2 aromatic carbocycles. The van der Waals surface area contributed by atoms with E-state index in [-0.39, 0.29) is 18.0 Å². The number of para-hydroxylation sites is 1. The summed E-state index contributed by atoms with van der Waals surface area (Å²) in [5.74, 6) is 0.653. The van der Waals surface area contributed by atoms with Gasteiger partial charge in [0.25, 0.3) is 5.89 Å². The minimum absolute atomic E-state index is 0.115. The first-order chi connectivity index (χ1) is 14.4. The van der Waals surface area contributed by atoms with Gasteiger partial charge in [-0.1, -0.05) is 42.4 Å². The molecule has 9 heteroatoms. The second-order valence-electron chi connectivity index (χ2n) is 7.55. The Morgan fingerprint density at radius 1 is 1.17 bits per heavy atom. The van der Waals surface area contributed by atoms with Gasteiger partial charge in [-0.3, -0.25) is 0 Å². The van der Waals surface area contributed by atoms with Crippen molar-refractivity contribution >= 4 is 10.0 Å². The predicted molar refractivity (Wildman–Crippen MR) is 107 cm³/mol. The molecule has 1 aliphatic heterocycles. The monoisotopic (exact) mass is 431 g/mol. The van der Waals surface area contributed by atoms with E-state index in [4.69, 9.17) is 9.26 Å². The molecule has 1 saturated heterocycles. The Morgan fingerprint density at radius 2 is 1.90 bits per heavy atom. The maximum atomic E-state index is 14.1. The summed E-state index contributed by atoms with van der Waals surface area (Å²) in [6.07, 6.45) is 1.30. The molecule has 0 radical (unpaired) electrons. The molecule has 0 aliphatic carbocycles. The summed E-state index contributed by atoms with van der Waals surface area (Å²) >= 11 is 0. The van der Waals surface area contributed by atoms with Crippen molar-refractivity contribution in [1.29, 1.82) is 0 Å². The summed E-state index contributed by atoms with van der Waals surface area (Å²) in [5, 5.41) is 4.07. The van der Waals surface area contributed by atoms with Crippen LogP contribution in [0.15, 0.2) is 64.0 Å². The minimum atomic E-state index is -3.96. The number of hydrogen-bond acceptors (Lipinski definition) is 6. The lowest BCUT2D eigenvalue weighted by Gasteiger charge is -2.37. The van der Waals surface area contributed by atoms with Crippen molar-refractivity contribution in [3.05, 3.63) is 72.1 Å². The largest absolute Gasteiger partial charge is 0.484 e. The van der Waals surface area contributed by atoms with Crippen molar-refractivity contribution in [3.8, 4) is 5.75 Å². The number of piperidine rings is 1. The van der Waals surface area contributed by atoms with Crippen LogP contribution in [0, 0.1) is 5.82 Å². The van der Waals surface area contributed by atoms with Gasteiger partial charge in [-0.05, 0) is 37.1 Å². The number of benzene rings is 2. The van der Waals surface area contributed by atoms with Crippen molar-refractivity contribution in [2.45, 2.75) is 36.7 Å². The van der Waals surface area contributed by atoms with Gasteiger partial charge >= 0.3 is 0 Å². The lowest BCUT2D eigenvalue weighted by Crippen LogP contribution is -2.47. The lowest BCUT2D eigenvalue weighted by molar-refractivity contribution is 0.221. The molecule has 0 amide bonds. The molecule has 1 aromatic heterocycles. The Bertz CT molecular complexity index is 1120. The van der Waals surface area contributed by atoms with Crippen LogP contribution in [0.2, 0.25) is 0 Å². The summed E-state index contributed by atoms with van der Waals surface area (Å²) in [6.45, 7) is 2.46. The number of ether oxygens (including phenoxy) is 1.